The van der Waals surface area contributed by atoms with Gasteiger partial charge >= 0.3 is 0 Å². The molecule has 1 heterocycles. The highest BCUT2D eigenvalue weighted by atomic mass is 35.5. The average molecular weight is 372 g/mol. The second-order valence-corrected chi connectivity index (χ2v) is 7.97. The maximum atomic E-state index is 12.6. The lowest BCUT2D eigenvalue weighted by Crippen LogP contribution is -2.42. The molecule has 2 aromatic rings. The number of nitrogens with one attached hydrogen (secondary N) is 1. The summed E-state index contributed by atoms with van der Waals surface area (Å²) in [6, 6.07) is 7.65. The van der Waals surface area contributed by atoms with Gasteiger partial charge in [-0.3, -0.25) is 0 Å². The molecule has 1 saturated carbocycles. The Morgan fingerprint density at radius 3 is 2.75 bits per heavy atom. The second-order valence-electron chi connectivity index (χ2n) is 5.80. The number of hydrogen-bond donors (Lipinski definition) is 2. The first-order valence-electron chi connectivity index (χ1n) is 7.46. The Morgan fingerprint density at radius 1 is 1.42 bits per heavy atom. The van der Waals surface area contributed by atoms with Crippen molar-refractivity contribution < 1.29 is 22.7 Å². The molecular formula is C16H18ClNO5S. The summed E-state index contributed by atoms with van der Waals surface area (Å²) in [5.74, 6) is 0.498. The first-order chi connectivity index (χ1) is 11.4. The van der Waals surface area contributed by atoms with Crippen molar-refractivity contribution in [2.45, 2.75) is 23.3 Å². The van der Waals surface area contributed by atoms with E-state index in [0.29, 0.717) is 5.76 Å². The van der Waals surface area contributed by atoms with Gasteiger partial charge in [-0.15, -0.1) is 0 Å². The molecule has 0 amide bonds. The molecule has 1 aliphatic carbocycles. The predicted octanol–water partition coefficient (Wildman–Crippen LogP) is 2.52. The minimum atomic E-state index is -3.92. The van der Waals surface area contributed by atoms with Gasteiger partial charge < -0.3 is 14.3 Å². The highest BCUT2D eigenvalue weighted by Gasteiger charge is 2.47. The van der Waals surface area contributed by atoms with Gasteiger partial charge in [-0.1, -0.05) is 11.6 Å². The molecule has 0 spiro atoms. The maximum Gasteiger partial charge on any atom is 0.244 e. The van der Waals surface area contributed by atoms with Gasteiger partial charge in [0.15, 0.2) is 0 Å². The van der Waals surface area contributed by atoms with Crippen molar-refractivity contribution in [2.75, 3.05) is 13.7 Å². The molecule has 0 saturated heterocycles. The fraction of sp³-hybridized carbons (Fsp3) is 0.375. The van der Waals surface area contributed by atoms with Gasteiger partial charge in [0.1, 0.15) is 22.0 Å². The van der Waals surface area contributed by atoms with Crippen molar-refractivity contribution in [2.24, 2.45) is 5.92 Å². The van der Waals surface area contributed by atoms with Gasteiger partial charge in [-0.25, -0.2) is 13.1 Å². The number of benzene rings is 1. The average Bonchev–Trinajstić information content (AvgIpc) is 3.28. The molecule has 0 radical (unpaired) electrons. The monoisotopic (exact) mass is 371 g/mol. The van der Waals surface area contributed by atoms with Gasteiger partial charge in [-0.2, -0.15) is 0 Å². The molecule has 8 heteroatoms. The minimum absolute atomic E-state index is 0.0346. The third-order valence-corrected chi connectivity index (χ3v) is 5.81. The zero-order chi connectivity index (χ0) is 17.4. The van der Waals surface area contributed by atoms with Gasteiger partial charge in [-0.05, 0) is 49.1 Å². The Kier molecular flexibility index (Phi) is 4.61. The van der Waals surface area contributed by atoms with E-state index in [2.05, 4.69) is 4.72 Å². The van der Waals surface area contributed by atoms with Crippen LogP contribution in [0.1, 0.15) is 18.6 Å². The van der Waals surface area contributed by atoms with Crippen LogP contribution in [0.2, 0.25) is 5.02 Å². The minimum Gasteiger partial charge on any atom is -0.495 e. The molecule has 6 nitrogen and oxygen atoms in total. The van der Waals surface area contributed by atoms with Crippen molar-refractivity contribution in [1.29, 1.82) is 0 Å². The lowest BCUT2D eigenvalue weighted by Gasteiger charge is -2.26. The lowest BCUT2D eigenvalue weighted by molar-refractivity contribution is -0.00225. The van der Waals surface area contributed by atoms with E-state index in [1.807, 2.05) is 0 Å². The maximum absolute atomic E-state index is 12.6. The van der Waals surface area contributed by atoms with Gasteiger partial charge in [0.2, 0.25) is 10.0 Å². The van der Waals surface area contributed by atoms with E-state index in [0.717, 1.165) is 12.8 Å². The number of sulfonamides is 1. The third-order valence-electron chi connectivity index (χ3n) is 4.15. The third kappa shape index (κ3) is 3.30. The quantitative estimate of drug-likeness (QED) is 0.780. The van der Waals surface area contributed by atoms with Crippen LogP contribution in [0, 0.1) is 5.92 Å². The highest BCUT2D eigenvalue weighted by Crippen LogP contribution is 2.45. The van der Waals surface area contributed by atoms with Crippen molar-refractivity contribution in [3.63, 3.8) is 0 Å². The summed E-state index contributed by atoms with van der Waals surface area (Å²) < 4.78 is 38.1. The van der Waals surface area contributed by atoms with Crippen molar-refractivity contribution in [1.82, 2.24) is 4.72 Å². The lowest BCUT2D eigenvalue weighted by atomic mass is 9.95. The molecule has 3 rings (SSSR count). The molecule has 0 bridgehead atoms. The summed E-state index contributed by atoms with van der Waals surface area (Å²) >= 11 is 5.90. The Morgan fingerprint density at radius 2 is 2.17 bits per heavy atom. The Labute approximate surface area is 145 Å². The van der Waals surface area contributed by atoms with E-state index in [4.69, 9.17) is 20.8 Å². The highest BCUT2D eigenvalue weighted by molar-refractivity contribution is 7.89. The van der Waals surface area contributed by atoms with Crippen LogP contribution in [0.5, 0.6) is 5.75 Å². The molecule has 24 heavy (non-hydrogen) atoms. The van der Waals surface area contributed by atoms with Crippen LogP contribution >= 0.6 is 11.6 Å². The summed E-state index contributed by atoms with van der Waals surface area (Å²) in [7, 11) is -2.54. The smallest absolute Gasteiger partial charge is 0.244 e. The predicted molar refractivity (Wildman–Crippen MR) is 88.5 cm³/mol. The van der Waals surface area contributed by atoms with Crippen LogP contribution in [0.3, 0.4) is 0 Å². The number of aliphatic hydroxyl groups is 1. The molecule has 1 fully saturated rings. The number of rotatable bonds is 7. The number of furan rings is 1. The standard InChI is InChI=1S/C16H18ClNO5S/c1-22-13-7-6-12(17)9-14(13)24(20,21)18-10-16(19,11-4-5-11)15-3-2-8-23-15/h2-3,6-9,11,18-19H,4-5,10H2,1H3. The van der Waals surface area contributed by atoms with E-state index in [-0.39, 0.29) is 28.1 Å². The first-order valence-corrected chi connectivity index (χ1v) is 9.32. The Balaban J connectivity index is 1.86. The normalized spacial score (nSPS) is 17.5. The van der Waals surface area contributed by atoms with Gasteiger partial charge in [0.25, 0.3) is 0 Å². The van der Waals surface area contributed by atoms with Crippen LogP contribution < -0.4 is 9.46 Å². The summed E-state index contributed by atoms with van der Waals surface area (Å²) in [6.45, 7) is -0.191. The molecule has 0 aliphatic heterocycles. The van der Waals surface area contributed by atoms with Gasteiger partial charge in [0.05, 0.1) is 13.4 Å². The summed E-state index contributed by atoms with van der Waals surface area (Å²) in [6.07, 6.45) is 3.09. The molecule has 2 N–H and O–H groups in total. The fourth-order valence-electron chi connectivity index (χ4n) is 2.66. The largest absolute Gasteiger partial charge is 0.495 e. The molecule has 1 aromatic heterocycles. The number of ether oxygens (including phenoxy) is 1. The van der Waals surface area contributed by atoms with Crippen LogP contribution in [0.4, 0.5) is 0 Å². The molecule has 130 valence electrons. The molecule has 1 unspecified atom stereocenters. The summed E-state index contributed by atoms with van der Waals surface area (Å²) in [5, 5.41) is 11.2. The van der Waals surface area contributed by atoms with Crippen LogP contribution in [0.25, 0.3) is 0 Å². The van der Waals surface area contributed by atoms with E-state index in [1.54, 1.807) is 18.2 Å². The van der Waals surface area contributed by atoms with Crippen molar-refractivity contribution >= 4 is 21.6 Å². The summed E-state index contributed by atoms with van der Waals surface area (Å²) in [5.41, 5.74) is -1.37. The van der Waals surface area contributed by atoms with E-state index in [9.17, 15) is 13.5 Å². The van der Waals surface area contributed by atoms with Crippen molar-refractivity contribution in [3.8, 4) is 5.75 Å². The SMILES string of the molecule is COc1ccc(Cl)cc1S(=O)(=O)NCC(O)(c1ccco1)C1CC1. The van der Waals surface area contributed by atoms with E-state index >= 15 is 0 Å². The zero-order valence-corrected chi connectivity index (χ0v) is 14.6. The molecule has 1 atom stereocenters. The van der Waals surface area contributed by atoms with Crippen LogP contribution in [-0.2, 0) is 15.6 Å². The Bertz CT molecular complexity index is 817. The topological polar surface area (TPSA) is 88.8 Å². The van der Waals surface area contributed by atoms with Crippen molar-refractivity contribution in [3.05, 3.63) is 47.4 Å². The number of hydrogen-bond acceptors (Lipinski definition) is 5. The first kappa shape index (κ1) is 17.3. The van der Waals surface area contributed by atoms with Gasteiger partial charge in [0, 0.05) is 11.6 Å². The number of halogens is 1. The number of methoxy groups -OCH3 is 1. The Hall–Kier alpha value is -1.54. The van der Waals surface area contributed by atoms with E-state index < -0.39 is 15.6 Å². The summed E-state index contributed by atoms with van der Waals surface area (Å²) in [4.78, 5) is -0.0740. The van der Waals surface area contributed by atoms with E-state index in [1.165, 1.54) is 25.5 Å². The van der Waals surface area contributed by atoms with Crippen LogP contribution in [-0.4, -0.2) is 27.2 Å². The molecule has 1 aromatic carbocycles. The second kappa shape index (κ2) is 6.40. The zero-order valence-electron chi connectivity index (χ0n) is 13.0. The molecular weight excluding hydrogens is 354 g/mol. The molecule has 1 aliphatic rings. The van der Waals surface area contributed by atoms with Crippen LogP contribution in [0.15, 0.2) is 45.9 Å². The fourth-order valence-corrected chi connectivity index (χ4v) is 4.16.